The minimum atomic E-state index is -0.216. The van der Waals surface area contributed by atoms with Gasteiger partial charge in [-0.25, -0.2) is 4.98 Å². The number of thiophene rings is 1. The molecule has 0 fully saturated rings. The summed E-state index contributed by atoms with van der Waals surface area (Å²) in [6.45, 7) is 7.14. The predicted molar refractivity (Wildman–Crippen MR) is 130 cm³/mol. The van der Waals surface area contributed by atoms with Gasteiger partial charge in [-0.1, -0.05) is 42.5 Å². The van der Waals surface area contributed by atoms with Gasteiger partial charge < -0.3 is 14.6 Å². The summed E-state index contributed by atoms with van der Waals surface area (Å²) >= 11 is 1.43. The van der Waals surface area contributed by atoms with E-state index in [0.717, 1.165) is 47.6 Å². The van der Waals surface area contributed by atoms with Crippen molar-refractivity contribution in [1.29, 1.82) is 0 Å². The van der Waals surface area contributed by atoms with Crippen LogP contribution in [0.1, 0.15) is 40.4 Å². The molecule has 2 heterocycles. The van der Waals surface area contributed by atoms with Gasteiger partial charge >= 0.3 is 0 Å². The van der Waals surface area contributed by atoms with Crippen molar-refractivity contribution in [2.75, 3.05) is 6.61 Å². The number of imidazole rings is 1. The monoisotopic (exact) mass is 445 g/mol. The summed E-state index contributed by atoms with van der Waals surface area (Å²) < 4.78 is 8.25. The van der Waals surface area contributed by atoms with Crippen LogP contribution in [0.15, 0.2) is 78.7 Å². The zero-order chi connectivity index (χ0) is 22.3. The SMILES string of the molecule is C=CCc1ccccc1OCCCn1c(C(C)NC(=O)c2cccs2)nc2ccccc21. The number of allylic oxidation sites excluding steroid dienone is 1. The maximum atomic E-state index is 12.6. The smallest absolute Gasteiger partial charge is 0.261 e. The van der Waals surface area contributed by atoms with Crippen LogP contribution in [0.25, 0.3) is 11.0 Å². The summed E-state index contributed by atoms with van der Waals surface area (Å²) in [5.41, 5.74) is 3.13. The molecule has 5 nitrogen and oxygen atoms in total. The quantitative estimate of drug-likeness (QED) is 0.248. The second kappa shape index (κ2) is 10.3. The molecule has 1 unspecified atom stereocenters. The van der Waals surface area contributed by atoms with Crippen molar-refractivity contribution in [3.05, 3.63) is 95.0 Å². The average molecular weight is 446 g/mol. The Morgan fingerprint density at radius 2 is 2.00 bits per heavy atom. The van der Waals surface area contributed by atoms with Gasteiger partial charge in [0.05, 0.1) is 28.6 Å². The Balaban J connectivity index is 1.47. The highest BCUT2D eigenvalue weighted by Crippen LogP contribution is 2.23. The molecule has 6 heteroatoms. The molecule has 1 N–H and O–H groups in total. The molecule has 32 heavy (non-hydrogen) atoms. The molecule has 0 spiro atoms. The lowest BCUT2D eigenvalue weighted by molar-refractivity contribution is 0.0941. The molecule has 2 aromatic carbocycles. The van der Waals surface area contributed by atoms with Crippen LogP contribution in [0.4, 0.5) is 0 Å². The van der Waals surface area contributed by atoms with E-state index < -0.39 is 0 Å². The summed E-state index contributed by atoms with van der Waals surface area (Å²) in [6, 6.07) is 19.6. The van der Waals surface area contributed by atoms with E-state index in [1.54, 1.807) is 0 Å². The van der Waals surface area contributed by atoms with Gasteiger partial charge in [0.15, 0.2) is 0 Å². The van der Waals surface area contributed by atoms with Crippen LogP contribution in [0.5, 0.6) is 5.75 Å². The summed E-state index contributed by atoms with van der Waals surface area (Å²) in [6.07, 6.45) is 3.49. The van der Waals surface area contributed by atoms with Crippen molar-refractivity contribution < 1.29 is 9.53 Å². The molecule has 4 rings (SSSR count). The third-order valence-electron chi connectivity index (χ3n) is 5.28. The number of amides is 1. The molecule has 0 aliphatic heterocycles. The van der Waals surface area contributed by atoms with Crippen LogP contribution in [0, 0.1) is 0 Å². The Kier molecular flexibility index (Phi) is 7.02. The third kappa shape index (κ3) is 4.92. The number of nitrogens with one attached hydrogen (secondary N) is 1. The number of hydrogen-bond acceptors (Lipinski definition) is 4. The molecule has 164 valence electrons. The number of aromatic nitrogens is 2. The molecule has 0 aliphatic carbocycles. The second-order valence-corrected chi connectivity index (χ2v) is 8.53. The zero-order valence-electron chi connectivity index (χ0n) is 18.2. The van der Waals surface area contributed by atoms with Gasteiger partial charge in [-0.05, 0) is 55.0 Å². The van der Waals surface area contributed by atoms with Gasteiger partial charge in [0, 0.05) is 6.54 Å². The Hall–Kier alpha value is -3.38. The van der Waals surface area contributed by atoms with E-state index in [0.29, 0.717) is 11.5 Å². The third-order valence-corrected chi connectivity index (χ3v) is 6.15. The molecule has 1 atom stereocenters. The van der Waals surface area contributed by atoms with E-state index in [4.69, 9.17) is 9.72 Å². The lowest BCUT2D eigenvalue weighted by Gasteiger charge is -2.16. The molecule has 0 saturated carbocycles. The van der Waals surface area contributed by atoms with Crippen LogP contribution in [0.2, 0.25) is 0 Å². The summed E-state index contributed by atoms with van der Waals surface area (Å²) in [4.78, 5) is 18.1. The first-order chi connectivity index (χ1) is 15.7. The lowest BCUT2D eigenvalue weighted by Crippen LogP contribution is -2.28. The summed E-state index contributed by atoms with van der Waals surface area (Å²) in [5.74, 6) is 1.68. The molecule has 2 aromatic heterocycles. The lowest BCUT2D eigenvalue weighted by atomic mass is 10.1. The Labute approximate surface area is 192 Å². The fourth-order valence-electron chi connectivity index (χ4n) is 3.77. The summed E-state index contributed by atoms with van der Waals surface area (Å²) in [7, 11) is 0. The molecular formula is C26H27N3O2S. The van der Waals surface area contributed by atoms with Crippen LogP contribution in [0.3, 0.4) is 0 Å². The van der Waals surface area contributed by atoms with Gasteiger partial charge in [0.25, 0.3) is 5.91 Å². The largest absolute Gasteiger partial charge is 0.493 e. The first-order valence-corrected chi connectivity index (χ1v) is 11.7. The van der Waals surface area contributed by atoms with Gasteiger partial charge in [-0.2, -0.15) is 0 Å². The maximum absolute atomic E-state index is 12.6. The average Bonchev–Trinajstić information content (AvgIpc) is 3.46. The first-order valence-electron chi connectivity index (χ1n) is 10.8. The van der Waals surface area contributed by atoms with Crippen LogP contribution < -0.4 is 10.1 Å². The van der Waals surface area contributed by atoms with Crippen molar-refractivity contribution in [1.82, 2.24) is 14.9 Å². The van der Waals surface area contributed by atoms with Crippen LogP contribution >= 0.6 is 11.3 Å². The van der Waals surface area contributed by atoms with E-state index in [2.05, 4.69) is 28.6 Å². The van der Waals surface area contributed by atoms with E-state index in [-0.39, 0.29) is 11.9 Å². The first kappa shape index (κ1) is 21.8. The van der Waals surface area contributed by atoms with Crippen molar-refractivity contribution in [2.45, 2.75) is 32.4 Å². The maximum Gasteiger partial charge on any atom is 0.261 e. The van der Waals surface area contributed by atoms with E-state index >= 15 is 0 Å². The number of benzene rings is 2. The van der Waals surface area contributed by atoms with Crippen LogP contribution in [-0.2, 0) is 13.0 Å². The Morgan fingerprint density at radius 1 is 1.19 bits per heavy atom. The van der Waals surface area contributed by atoms with Crippen LogP contribution in [-0.4, -0.2) is 22.1 Å². The number of aryl methyl sites for hydroxylation is 1. The highest BCUT2D eigenvalue weighted by atomic mass is 32.1. The van der Waals surface area contributed by atoms with E-state index in [1.807, 2.05) is 66.9 Å². The second-order valence-electron chi connectivity index (χ2n) is 7.59. The number of nitrogens with zero attached hydrogens (tertiary/aromatic N) is 2. The minimum Gasteiger partial charge on any atom is -0.493 e. The summed E-state index contributed by atoms with van der Waals surface area (Å²) in [5, 5.41) is 4.99. The van der Waals surface area contributed by atoms with Crippen molar-refractivity contribution in [3.8, 4) is 5.75 Å². The number of fused-ring (bicyclic) bond motifs is 1. The molecule has 0 saturated heterocycles. The Bertz CT molecular complexity index is 1200. The normalized spacial score (nSPS) is 11.9. The topological polar surface area (TPSA) is 56.1 Å². The molecular weight excluding hydrogens is 418 g/mol. The van der Waals surface area contributed by atoms with Crippen molar-refractivity contribution in [3.63, 3.8) is 0 Å². The molecule has 1 amide bonds. The highest BCUT2D eigenvalue weighted by molar-refractivity contribution is 7.12. The van der Waals surface area contributed by atoms with E-state index in [1.165, 1.54) is 11.3 Å². The van der Waals surface area contributed by atoms with Gasteiger partial charge in [0.2, 0.25) is 0 Å². The van der Waals surface area contributed by atoms with Crippen molar-refractivity contribution >= 4 is 28.3 Å². The molecule has 0 aliphatic rings. The predicted octanol–water partition coefficient (Wildman–Crippen LogP) is 5.79. The number of carbonyl (C=O) groups excluding carboxylic acids is 1. The minimum absolute atomic E-state index is 0.0757. The van der Waals surface area contributed by atoms with E-state index in [9.17, 15) is 4.79 Å². The van der Waals surface area contributed by atoms with Gasteiger partial charge in [-0.3, -0.25) is 4.79 Å². The highest BCUT2D eigenvalue weighted by Gasteiger charge is 2.19. The number of ether oxygens (including phenoxy) is 1. The zero-order valence-corrected chi connectivity index (χ0v) is 19.0. The number of hydrogen-bond donors (Lipinski definition) is 1. The molecule has 4 aromatic rings. The van der Waals surface area contributed by atoms with Crippen molar-refractivity contribution in [2.24, 2.45) is 0 Å². The number of para-hydroxylation sites is 3. The van der Waals surface area contributed by atoms with Gasteiger partial charge in [-0.15, -0.1) is 17.9 Å². The fraction of sp³-hybridized carbons (Fsp3) is 0.231. The number of rotatable bonds is 10. The standard InChI is InChI=1S/C26H27N3O2S/c1-3-10-20-11-4-7-14-23(20)31-17-9-16-29-22-13-6-5-12-21(22)28-25(29)19(2)27-26(30)24-15-8-18-32-24/h3-8,11-15,18-19H,1,9-10,16-17H2,2H3,(H,27,30). The van der Waals surface area contributed by atoms with Gasteiger partial charge in [0.1, 0.15) is 11.6 Å². The Morgan fingerprint density at radius 3 is 2.81 bits per heavy atom. The molecule has 0 bridgehead atoms. The number of carbonyl (C=O) groups is 1. The fourth-order valence-corrected chi connectivity index (χ4v) is 4.40. The molecule has 0 radical (unpaired) electrons.